The van der Waals surface area contributed by atoms with Crippen LogP contribution in [0.3, 0.4) is 0 Å². The molecule has 2 aromatic rings. The standard InChI is InChI=1S/C14H12F2O3/c1-18-10-2-4-11(5-3-10)19-14-12(15)6-9(8-17)7-13(14)16/h2-7,17H,8H2,1H3. The Kier molecular flexibility index (Phi) is 3.97. The lowest BCUT2D eigenvalue weighted by Crippen LogP contribution is -1.96. The van der Waals surface area contributed by atoms with Crippen LogP contribution in [0.2, 0.25) is 0 Å². The van der Waals surface area contributed by atoms with Crippen LogP contribution < -0.4 is 9.47 Å². The number of methoxy groups -OCH3 is 1. The predicted octanol–water partition coefficient (Wildman–Crippen LogP) is 3.26. The molecule has 0 amide bonds. The number of ether oxygens (including phenoxy) is 2. The Bertz CT molecular complexity index is 544. The minimum Gasteiger partial charge on any atom is -0.497 e. The van der Waals surface area contributed by atoms with E-state index >= 15 is 0 Å². The van der Waals surface area contributed by atoms with E-state index in [0.717, 1.165) is 12.1 Å². The normalized spacial score (nSPS) is 10.3. The number of aliphatic hydroxyl groups excluding tert-OH is 1. The zero-order valence-corrected chi connectivity index (χ0v) is 10.2. The number of halogens is 2. The smallest absolute Gasteiger partial charge is 0.198 e. The minimum absolute atomic E-state index is 0.150. The fraction of sp³-hybridized carbons (Fsp3) is 0.143. The molecule has 0 fully saturated rings. The van der Waals surface area contributed by atoms with Gasteiger partial charge in [0.05, 0.1) is 13.7 Å². The zero-order valence-electron chi connectivity index (χ0n) is 10.2. The van der Waals surface area contributed by atoms with Gasteiger partial charge in [-0.1, -0.05) is 0 Å². The summed E-state index contributed by atoms with van der Waals surface area (Å²) in [5, 5.41) is 8.84. The van der Waals surface area contributed by atoms with Crippen molar-refractivity contribution in [3.05, 3.63) is 53.6 Å². The number of rotatable bonds is 4. The fourth-order valence-corrected chi connectivity index (χ4v) is 1.56. The lowest BCUT2D eigenvalue weighted by Gasteiger charge is -2.09. The van der Waals surface area contributed by atoms with E-state index in [1.165, 1.54) is 19.2 Å². The van der Waals surface area contributed by atoms with Gasteiger partial charge >= 0.3 is 0 Å². The van der Waals surface area contributed by atoms with Gasteiger partial charge in [0.25, 0.3) is 0 Å². The molecule has 0 saturated heterocycles. The molecule has 0 aliphatic rings. The van der Waals surface area contributed by atoms with Gasteiger partial charge in [-0.05, 0) is 42.0 Å². The average molecular weight is 266 g/mol. The topological polar surface area (TPSA) is 38.7 Å². The first-order chi connectivity index (χ1) is 9.13. The van der Waals surface area contributed by atoms with E-state index in [1.807, 2.05) is 0 Å². The molecule has 5 heteroatoms. The third-order valence-corrected chi connectivity index (χ3v) is 2.52. The summed E-state index contributed by atoms with van der Waals surface area (Å²) in [5.41, 5.74) is 0.150. The van der Waals surface area contributed by atoms with Crippen molar-refractivity contribution in [2.75, 3.05) is 7.11 Å². The van der Waals surface area contributed by atoms with E-state index in [2.05, 4.69) is 0 Å². The molecule has 19 heavy (non-hydrogen) atoms. The Morgan fingerprint density at radius 1 is 1.00 bits per heavy atom. The van der Waals surface area contributed by atoms with Gasteiger partial charge in [0, 0.05) is 0 Å². The van der Waals surface area contributed by atoms with Crippen molar-refractivity contribution < 1.29 is 23.4 Å². The Hall–Kier alpha value is -2.14. The second-order valence-electron chi connectivity index (χ2n) is 3.82. The molecule has 2 rings (SSSR count). The molecular formula is C14H12F2O3. The number of aliphatic hydroxyl groups is 1. The van der Waals surface area contributed by atoms with Crippen molar-refractivity contribution in [3.8, 4) is 17.2 Å². The summed E-state index contributed by atoms with van der Waals surface area (Å²) in [5.74, 6) is -1.32. The monoisotopic (exact) mass is 266 g/mol. The van der Waals surface area contributed by atoms with Crippen LogP contribution in [0.5, 0.6) is 17.2 Å². The quantitative estimate of drug-likeness (QED) is 0.923. The van der Waals surface area contributed by atoms with Crippen LogP contribution in [0.1, 0.15) is 5.56 Å². The molecule has 0 aliphatic carbocycles. The Morgan fingerprint density at radius 2 is 1.53 bits per heavy atom. The lowest BCUT2D eigenvalue weighted by molar-refractivity contribution is 0.279. The van der Waals surface area contributed by atoms with E-state index in [1.54, 1.807) is 12.1 Å². The first-order valence-electron chi connectivity index (χ1n) is 5.54. The second kappa shape index (κ2) is 5.67. The van der Waals surface area contributed by atoms with Gasteiger partial charge in [-0.3, -0.25) is 0 Å². The average Bonchev–Trinajstić information content (AvgIpc) is 2.43. The van der Waals surface area contributed by atoms with Gasteiger partial charge in [-0.25, -0.2) is 8.78 Å². The largest absolute Gasteiger partial charge is 0.497 e. The highest BCUT2D eigenvalue weighted by Gasteiger charge is 2.13. The Labute approximate surface area is 109 Å². The van der Waals surface area contributed by atoms with Crippen molar-refractivity contribution in [1.29, 1.82) is 0 Å². The van der Waals surface area contributed by atoms with Gasteiger partial charge in [-0.2, -0.15) is 0 Å². The van der Waals surface area contributed by atoms with Crippen LogP contribution >= 0.6 is 0 Å². The number of hydrogen-bond donors (Lipinski definition) is 1. The molecule has 0 unspecified atom stereocenters. The van der Waals surface area contributed by atoms with Gasteiger partial charge < -0.3 is 14.6 Å². The summed E-state index contributed by atoms with van der Waals surface area (Å²) in [6.45, 7) is -0.434. The van der Waals surface area contributed by atoms with Gasteiger partial charge in [0.1, 0.15) is 11.5 Å². The van der Waals surface area contributed by atoms with Crippen LogP contribution in [0, 0.1) is 11.6 Å². The van der Waals surface area contributed by atoms with E-state index in [0.29, 0.717) is 5.75 Å². The minimum atomic E-state index is -0.861. The maximum Gasteiger partial charge on any atom is 0.198 e. The summed E-state index contributed by atoms with van der Waals surface area (Å²) >= 11 is 0. The van der Waals surface area contributed by atoms with Crippen LogP contribution in [-0.4, -0.2) is 12.2 Å². The molecule has 0 atom stereocenters. The highest BCUT2D eigenvalue weighted by atomic mass is 19.1. The number of benzene rings is 2. The van der Waals surface area contributed by atoms with Crippen LogP contribution in [0.15, 0.2) is 36.4 Å². The van der Waals surface area contributed by atoms with Crippen LogP contribution in [-0.2, 0) is 6.61 Å². The highest BCUT2D eigenvalue weighted by molar-refractivity contribution is 5.38. The van der Waals surface area contributed by atoms with Crippen molar-refractivity contribution in [2.24, 2.45) is 0 Å². The van der Waals surface area contributed by atoms with Crippen LogP contribution in [0.25, 0.3) is 0 Å². The molecule has 0 heterocycles. The van der Waals surface area contributed by atoms with Crippen LogP contribution in [0.4, 0.5) is 8.78 Å². The molecule has 0 spiro atoms. The maximum absolute atomic E-state index is 13.6. The number of hydrogen-bond acceptors (Lipinski definition) is 3. The molecular weight excluding hydrogens is 254 g/mol. The first kappa shape index (κ1) is 13.3. The Balaban J connectivity index is 2.27. The van der Waals surface area contributed by atoms with Crippen molar-refractivity contribution >= 4 is 0 Å². The summed E-state index contributed by atoms with van der Waals surface area (Å²) in [6.07, 6.45) is 0. The van der Waals surface area contributed by atoms with Crippen molar-refractivity contribution in [2.45, 2.75) is 6.61 Å². The molecule has 3 nitrogen and oxygen atoms in total. The summed E-state index contributed by atoms with van der Waals surface area (Å²) in [4.78, 5) is 0. The maximum atomic E-state index is 13.6. The summed E-state index contributed by atoms with van der Waals surface area (Å²) in [7, 11) is 1.52. The summed E-state index contributed by atoms with van der Waals surface area (Å²) < 4.78 is 37.4. The molecule has 2 aromatic carbocycles. The highest BCUT2D eigenvalue weighted by Crippen LogP contribution is 2.29. The van der Waals surface area contributed by atoms with Crippen molar-refractivity contribution in [1.82, 2.24) is 0 Å². The van der Waals surface area contributed by atoms with E-state index in [-0.39, 0.29) is 11.3 Å². The summed E-state index contributed by atoms with van der Waals surface area (Å²) in [6, 6.07) is 8.37. The van der Waals surface area contributed by atoms with E-state index in [4.69, 9.17) is 14.6 Å². The molecule has 0 aromatic heterocycles. The van der Waals surface area contributed by atoms with Gasteiger partial charge in [0.2, 0.25) is 0 Å². The van der Waals surface area contributed by atoms with Crippen molar-refractivity contribution in [3.63, 3.8) is 0 Å². The molecule has 0 aliphatic heterocycles. The lowest BCUT2D eigenvalue weighted by atomic mass is 10.2. The fourth-order valence-electron chi connectivity index (χ4n) is 1.56. The second-order valence-corrected chi connectivity index (χ2v) is 3.82. The molecule has 0 saturated carbocycles. The van der Waals surface area contributed by atoms with E-state index < -0.39 is 24.0 Å². The first-order valence-corrected chi connectivity index (χ1v) is 5.54. The van der Waals surface area contributed by atoms with Gasteiger partial charge in [-0.15, -0.1) is 0 Å². The Morgan fingerprint density at radius 3 is 2.00 bits per heavy atom. The molecule has 100 valence electrons. The SMILES string of the molecule is COc1ccc(Oc2c(F)cc(CO)cc2F)cc1. The van der Waals surface area contributed by atoms with Gasteiger partial charge in [0.15, 0.2) is 17.4 Å². The van der Waals surface area contributed by atoms with E-state index in [9.17, 15) is 8.78 Å². The molecule has 0 radical (unpaired) electrons. The third kappa shape index (κ3) is 3.00. The zero-order chi connectivity index (χ0) is 13.8. The third-order valence-electron chi connectivity index (χ3n) is 2.52. The molecule has 0 bridgehead atoms. The predicted molar refractivity (Wildman–Crippen MR) is 65.3 cm³/mol. The molecule has 1 N–H and O–H groups in total.